The van der Waals surface area contributed by atoms with Crippen molar-refractivity contribution in [2.45, 2.75) is 6.92 Å². The molecule has 50 heavy (non-hydrogen) atoms. The van der Waals surface area contributed by atoms with Crippen LogP contribution in [-0.2, 0) is 0 Å². The first-order chi connectivity index (χ1) is 24.1. The fraction of sp³-hybridized carbons (Fsp3) is 0.0312. The lowest BCUT2D eigenvalue weighted by molar-refractivity contribution is 0.410. The zero-order valence-electron chi connectivity index (χ0n) is 24.5. The van der Waals surface area contributed by atoms with E-state index in [1.54, 1.807) is 6.07 Å². The lowest BCUT2D eigenvalue weighted by atomic mass is 10.0. The lowest BCUT2D eigenvalue weighted by Gasteiger charge is -2.08. The average Bonchev–Trinajstić information content (AvgIpc) is 3.89. The third-order valence-corrected chi connectivity index (χ3v) is 7.27. The van der Waals surface area contributed by atoms with E-state index in [2.05, 4.69) is 49.6 Å². The summed E-state index contributed by atoms with van der Waals surface area (Å²) in [7, 11) is 0. The lowest BCUT2D eigenvalue weighted by Crippen LogP contribution is -2.26. The molecule has 2 aliphatic rings. The second kappa shape index (κ2) is 11.4. The fourth-order valence-electron chi connectivity index (χ4n) is 4.92. The molecular weight excluding hydrogens is 658 g/mol. The van der Waals surface area contributed by atoms with Crippen molar-refractivity contribution in [2.24, 2.45) is 20.0 Å². The fourth-order valence-corrected chi connectivity index (χ4v) is 4.92. The topological polar surface area (TPSA) is 194 Å². The molecule has 0 N–H and O–H groups in total. The van der Waals surface area contributed by atoms with E-state index in [1.165, 1.54) is 31.2 Å². The number of benzene rings is 3. The Labute approximate surface area is 274 Å². The number of nitrogens with zero attached hydrogens (tertiary/aromatic N) is 13. The third-order valence-electron chi connectivity index (χ3n) is 7.27. The summed E-state index contributed by atoms with van der Waals surface area (Å²) >= 11 is 0. The molecule has 0 unspecified atom stereocenters. The molecule has 7 rings (SSSR count). The monoisotopic (exact) mass is 665 g/mol. The third kappa shape index (κ3) is 4.52. The van der Waals surface area contributed by atoms with Crippen molar-refractivity contribution < 1.29 is 22.0 Å². The molecule has 234 valence electrons. The molecule has 0 fully saturated rings. The molecule has 2 aromatic heterocycles. The Morgan fingerprint density at radius 1 is 0.680 bits per heavy atom. The maximum atomic E-state index is 14.6. The molecule has 2 aliphatic heterocycles. The number of fused-ring (bicyclic) bond motifs is 3. The highest BCUT2D eigenvalue weighted by Crippen LogP contribution is 2.32. The summed E-state index contributed by atoms with van der Waals surface area (Å²) in [5, 5.41) is 30.2. The first kappa shape index (κ1) is 30.6. The van der Waals surface area contributed by atoms with Gasteiger partial charge in [-0.05, 0) is 31.2 Å². The van der Waals surface area contributed by atoms with Crippen molar-refractivity contribution in [1.29, 1.82) is 15.8 Å². The van der Waals surface area contributed by atoms with Gasteiger partial charge in [0.2, 0.25) is 23.2 Å². The number of halogens is 4. The van der Waals surface area contributed by atoms with Gasteiger partial charge in [-0.3, -0.25) is 0 Å². The molecule has 4 heterocycles. The Morgan fingerprint density at radius 3 is 1.76 bits per heavy atom. The quantitative estimate of drug-likeness (QED) is 0.0918. The standard InChI is InChI=1S/C32H7F4N13O/c1-11(40-2)27-42-16-6-4-12(14(8-37)23(16)44-27)28-47-29(13-5-7-17-24(15(13)9-38)45-30(43-17)18(10-39)41-3)49-31(48-28)32-46-25-21(35)19(33)20(34)22(36)26(25)50-32/h4-7H,1H3/b27-11-,30-18+. The van der Waals surface area contributed by atoms with Crippen LogP contribution in [0.15, 0.2) is 71.7 Å². The molecule has 0 spiro atoms. The Balaban J connectivity index is 1.54. The van der Waals surface area contributed by atoms with Crippen molar-refractivity contribution in [2.75, 3.05) is 0 Å². The van der Waals surface area contributed by atoms with Crippen molar-refractivity contribution in [3.8, 4) is 52.7 Å². The van der Waals surface area contributed by atoms with Gasteiger partial charge in [-0.2, -0.15) is 14.9 Å². The van der Waals surface area contributed by atoms with Gasteiger partial charge < -0.3 is 4.42 Å². The van der Waals surface area contributed by atoms with Crippen LogP contribution in [0.1, 0.15) is 18.1 Å². The molecule has 0 atom stereocenters. The largest absolute Gasteiger partial charge is 0.430 e. The maximum absolute atomic E-state index is 14.6. The summed E-state index contributed by atoms with van der Waals surface area (Å²) in [4.78, 5) is 40.1. The van der Waals surface area contributed by atoms with Crippen LogP contribution in [0.4, 0.5) is 17.6 Å². The van der Waals surface area contributed by atoms with Crippen LogP contribution in [0, 0.1) is 70.4 Å². The van der Waals surface area contributed by atoms with Crippen LogP contribution in [0.3, 0.4) is 0 Å². The van der Waals surface area contributed by atoms with E-state index in [9.17, 15) is 33.3 Å². The van der Waals surface area contributed by atoms with Gasteiger partial charge >= 0.3 is 5.70 Å². The second-order valence-corrected chi connectivity index (χ2v) is 10.1. The minimum Gasteiger partial charge on any atom is -0.430 e. The predicted molar refractivity (Wildman–Crippen MR) is 156 cm³/mol. The van der Waals surface area contributed by atoms with Crippen molar-refractivity contribution in [3.05, 3.63) is 126 Å². The normalized spacial score (nSPS) is 14.3. The molecule has 18 heteroatoms. The second-order valence-electron chi connectivity index (χ2n) is 10.1. The summed E-state index contributed by atoms with van der Waals surface area (Å²) in [6.07, 6.45) is 0. The Kier molecular flexibility index (Phi) is 6.96. The Bertz CT molecular complexity index is 2940. The van der Waals surface area contributed by atoms with Crippen LogP contribution in [0.25, 0.3) is 55.3 Å². The molecular formula is C32H7F4N13O. The molecule has 0 aliphatic carbocycles. The van der Waals surface area contributed by atoms with Crippen LogP contribution >= 0.6 is 0 Å². The highest BCUT2D eigenvalue weighted by Gasteiger charge is 2.28. The first-order valence-corrected chi connectivity index (χ1v) is 13.6. The molecule has 0 saturated heterocycles. The summed E-state index contributed by atoms with van der Waals surface area (Å²) in [5.41, 5.74) is -2.60. The van der Waals surface area contributed by atoms with E-state index in [4.69, 9.17) is 17.6 Å². The SMILES string of the molecule is [C-]#[N+]/C(C)=C1/N=c2ccc(-c3nc(-c4nc5c(F)c(F)c(F)c(F)c5o4)nc(-c4ccc5c(c4C#N)=N/C(=C(\C#N)[N+]#[C-])N=5)n3)c(C#N)c2=N1. The number of hydrogen-bond donors (Lipinski definition) is 0. The highest BCUT2D eigenvalue weighted by molar-refractivity contribution is 5.78. The Hall–Kier alpha value is -8.01. The van der Waals surface area contributed by atoms with Gasteiger partial charge in [0.05, 0.1) is 41.1 Å². The highest BCUT2D eigenvalue weighted by atomic mass is 19.2. The zero-order chi connectivity index (χ0) is 35.4. The van der Waals surface area contributed by atoms with E-state index in [1.807, 2.05) is 12.1 Å². The zero-order valence-corrected chi connectivity index (χ0v) is 24.5. The number of hydrogen-bond acceptors (Lipinski definition) is 12. The molecule has 0 radical (unpaired) electrons. The summed E-state index contributed by atoms with van der Waals surface area (Å²) in [6.45, 7) is 16.0. The average molecular weight is 665 g/mol. The maximum Gasteiger partial charge on any atom is 0.305 e. The molecule has 0 amide bonds. The van der Waals surface area contributed by atoms with Crippen LogP contribution in [0.5, 0.6) is 0 Å². The number of rotatable bonds is 3. The molecule has 3 aromatic carbocycles. The molecule has 5 aromatic rings. The van der Waals surface area contributed by atoms with Gasteiger partial charge in [-0.15, -0.1) is 0 Å². The minimum absolute atomic E-state index is 0.0134. The van der Waals surface area contributed by atoms with Gasteiger partial charge in [0.25, 0.3) is 5.89 Å². The van der Waals surface area contributed by atoms with Gasteiger partial charge in [-0.25, -0.2) is 68.0 Å². The first-order valence-electron chi connectivity index (χ1n) is 13.6. The number of aromatic nitrogens is 4. The van der Waals surface area contributed by atoms with Crippen LogP contribution in [-0.4, -0.2) is 19.9 Å². The summed E-state index contributed by atoms with van der Waals surface area (Å²) in [5.74, 6) is -9.95. The van der Waals surface area contributed by atoms with Gasteiger partial charge in [0.15, 0.2) is 46.0 Å². The van der Waals surface area contributed by atoms with Crippen molar-refractivity contribution >= 4 is 11.1 Å². The minimum atomic E-state index is -2.14. The van der Waals surface area contributed by atoms with Crippen molar-refractivity contribution in [1.82, 2.24) is 19.9 Å². The van der Waals surface area contributed by atoms with E-state index in [-0.39, 0.29) is 72.7 Å². The van der Waals surface area contributed by atoms with Crippen LogP contribution in [0.2, 0.25) is 0 Å². The van der Waals surface area contributed by atoms with E-state index in [0.29, 0.717) is 0 Å². The number of oxazole rings is 1. The van der Waals surface area contributed by atoms with E-state index in [0.717, 1.165) is 0 Å². The Morgan fingerprint density at radius 2 is 1.22 bits per heavy atom. The predicted octanol–water partition coefficient (Wildman–Crippen LogP) is 3.54. The van der Waals surface area contributed by atoms with E-state index < -0.39 is 51.8 Å². The van der Waals surface area contributed by atoms with Crippen molar-refractivity contribution in [3.63, 3.8) is 0 Å². The summed E-state index contributed by atoms with van der Waals surface area (Å²) in [6, 6.07) is 11.3. The number of nitriles is 3. The smallest absolute Gasteiger partial charge is 0.305 e. The van der Waals surface area contributed by atoms with Gasteiger partial charge in [0, 0.05) is 11.1 Å². The van der Waals surface area contributed by atoms with Gasteiger partial charge in [0.1, 0.15) is 22.9 Å². The molecule has 0 saturated carbocycles. The molecule has 0 bridgehead atoms. The number of allylic oxidation sites excluding steroid dienone is 2. The van der Waals surface area contributed by atoms with Gasteiger partial charge in [-0.1, -0.05) is 0 Å². The summed E-state index contributed by atoms with van der Waals surface area (Å²) < 4.78 is 62.6. The molecule has 14 nitrogen and oxygen atoms in total. The van der Waals surface area contributed by atoms with E-state index >= 15 is 0 Å². The van der Waals surface area contributed by atoms with Crippen LogP contribution < -0.4 is 21.4 Å².